The average Bonchev–Trinajstić information content (AvgIpc) is 2.71. The number of rotatable bonds is 9. The maximum Gasteiger partial charge on any atom is 0.343 e. The molecular weight excluding hydrogens is 342 g/mol. The lowest BCUT2D eigenvalue weighted by Crippen LogP contribution is -2.10. The second-order valence-electron chi connectivity index (χ2n) is 6.15. The summed E-state index contributed by atoms with van der Waals surface area (Å²) in [6.45, 7) is 2.56. The van der Waals surface area contributed by atoms with Gasteiger partial charge in [0.1, 0.15) is 5.75 Å². The molecule has 0 bridgehead atoms. The highest BCUT2D eigenvalue weighted by Crippen LogP contribution is 2.15. The third kappa shape index (κ3) is 6.59. The molecule has 0 aliphatic rings. The van der Waals surface area contributed by atoms with E-state index < -0.39 is 11.9 Å². The van der Waals surface area contributed by atoms with Crippen LogP contribution in [0.2, 0.25) is 0 Å². The van der Waals surface area contributed by atoms with Crippen LogP contribution >= 0.6 is 0 Å². The zero-order valence-corrected chi connectivity index (χ0v) is 15.4. The number of ether oxygens (including phenoxy) is 2. The minimum Gasteiger partial charge on any atom is -0.462 e. The number of unbranched alkanes of at least 4 members (excludes halogenated alkanes) is 4. The van der Waals surface area contributed by atoms with E-state index >= 15 is 0 Å². The first kappa shape index (κ1) is 20.2. The van der Waals surface area contributed by atoms with Gasteiger partial charge in [0.15, 0.2) is 0 Å². The lowest BCUT2D eigenvalue weighted by atomic mass is 10.1. The Labute approximate surface area is 159 Å². The Balaban J connectivity index is 1.83. The van der Waals surface area contributed by atoms with Gasteiger partial charge in [0.25, 0.3) is 0 Å². The van der Waals surface area contributed by atoms with Crippen molar-refractivity contribution in [2.75, 3.05) is 6.61 Å². The first-order chi connectivity index (χ1) is 13.1. The number of carbonyl (C=O) groups excluding carboxylic acids is 2. The third-order valence-corrected chi connectivity index (χ3v) is 4.03. The predicted octanol–water partition coefficient (Wildman–Crippen LogP) is 4.90. The number of hydrogen-bond acceptors (Lipinski definition) is 5. The fourth-order valence-electron chi connectivity index (χ4n) is 2.46. The van der Waals surface area contributed by atoms with Gasteiger partial charge in [-0.25, -0.2) is 9.59 Å². The van der Waals surface area contributed by atoms with Crippen molar-refractivity contribution in [2.24, 2.45) is 0 Å². The van der Waals surface area contributed by atoms with Gasteiger partial charge in [-0.3, -0.25) is 0 Å². The minimum absolute atomic E-state index is 0.329. The predicted molar refractivity (Wildman–Crippen MR) is 102 cm³/mol. The summed E-state index contributed by atoms with van der Waals surface area (Å²) >= 11 is 0. The van der Waals surface area contributed by atoms with Crippen LogP contribution in [0.25, 0.3) is 0 Å². The van der Waals surface area contributed by atoms with E-state index in [9.17, 15) is 9.59 Å². The van der Waals surface area contributed by atoms with E-state index in [1.807, 2.05) is 6.07 Å². The molecule has 2 aromatic carbocycles. The normalized spacial score (nSPS) is 10.1. The van der Waals surface area contributed by atoms with Gasteiger partial charge in [-0.2, -0.15) is 5.26 Å². The van der Waals surface area contributed by atoms with Crippen LogP contribution < -0.4 is 4.74 Å². The molecule has 0 aromatic heterocycles. The van der Waals surface area contributed by atoms with Crippen LogP contribution in [0.3, 0.4) is 0 Å². The Hall–Kier alpha value is -3.13. The summed E-state index contributed by atoms with van der Waals surface area (Å²) < 4.78 is 10.5. The first-order valence-electron chi connectivity index (χ1n) is 9.13. The molecule has 0 saturated carbocycles. The van der Waals surface area contributed by atoms with Gasteiger partial charge in [-0.05, 0) is 55.0 Å². The summed E-state index contributed by atoms with van der Waals surface area (Å²) in [4.78, 5) is 24.1. The van der Waals surface area contributed by atoms with Crippen molar-refractivity contribution in [3.63, 3.8) is 0 Å². The highest BCUT2D eigenvalue weighted by molar-refractivity contribution is 5.94. The van der Waals surface area contributed by atoms with E-state index in [0.29, 0.717) is 29.0 Å². The molecule has 0 fully saturated rings. The van der Waals surface area contributed by atoms with Crippen LogP contribution in [0.15, 0.2) is 48.5 Å². The fraction of sp³-hybridized carbons (Fsp3) is 0.318. The smallest absolute Gasteiger partial charge is 0.343 e. The van der Waals surface area contributed by atoms with E-state index in [0.717, 1.165) is 19.3 Å². The zero-order valence-electron chi connectivity index (χ0n) is 15.4. The maximum absolute atomic E-state index is 12.1. The van der Waals surface area contributed by atoms with Gasteiger partial charge in [-0.15, -0.1) is 0 Å². The molecule has 0 unspecified atom stereocenters. The molecule has 0 saturated heterocycles. The van der Waals surface area contributed by atoms with E-state index in [4.69, 9.17) is 14.7 Å². The molecule has 0 N–H and O–H groups in total. The average molecular weight is 365 g/mol. The molecule has 0 heterocycles. The van der Waals surface area contributed by atoms with Gasteiger partial charge in [0.05, 0.1) is 29.4 Å². The van der Waals surface area contributed by atoms with E-state index in [2.05, 4.69) is 6.92 Å². The zero-order chi connectivity index (χ0) is 19.5. The molecule has 2 rings (SSSR count). The number of carbonyl (C=O) groups is 2. The van der Waals surface area contributed by atoms with Gasteiger partial charge in [0, 0.05) is 0 Å². The summed E-state index contributed by atoms with van der Waals surface area (Å²) in [7, 11) is 0. The van der Waals surface area contributed by atoms with Crippen LogP contribution in [0, 0.1) is 11.3 Å². The Kier molecular flexibility index (Phi) is 8.05. The molecular formula is C22H23NO4. The van der Waals surface area contributed by atoms with E-state index in [1.54, 1.807) is 36.4 Å². The van der Waals surface area contributed by atoms with E-state index in [-0.39, 0.29) is 0 Å². The number of nitrogens with zero attached hydrogens (tertiary/aromatic N) is 1. The third-order valence-electron chi connectivity index (χ3n) is 4.03. The second-order valence-corrected chi connectivity index (χ2v) is 6.15. The first-order valence-corrected chi connectivity index (χ1v) is 9.13. The summed E-state index contributed by atoms with van der Waals surface area (Å²) in [6, 6.07) is 14.4. The lowest BCUT2D eigenvalue weighted by molar-refractivity contribution is 0.0497. The molecule has 0 radical (unpaired) electrons. The van der Waals surface area contributed by atoms with Crippen LogP contribution in [0.5, 0.6) is 5.75 Å². The number of nitriles is 1. The largest absolute Gasteiger partial charge is 0.462 e. The van der Waals surface area contributed by atoms with Gasteiger partial charge in [-0.1, -0.05) is 32.6 Å². The van der Waals surface area contributed by atoms with Crippen molar-refractivity contribution >= 4 is 11.9 Å². The molecule has 5 nitrogen and oxygen atoms in total. The molecule has 2 aromatic rings. The van der Waals surface area contributed by atoms with Gasteiger partial charge >= 0.3 is 11.9 Å². The number of benzene rings is 2. The molecule has 0 amide bonds. The summed E-state index contributed by atoms with van der Waals surface area (Å²) in [5.41, 5.74) is 1.22. The highest BCUT2D eigenvalue weighted by Gasteiger charge is 2.12. The van der Waals surface area contributed by atoms with Crippen LogP contribution in [0.4, 0.5) is 0 Å². The molecule has 0 aliphatic carbocycles. The molecule has 27 heavy (non-hydrogen) atoms. The number of esters is 2. The van der Waals surface area contributed by atoms with Crippen molar-refractivity contribution < 1.29 is 19.1 Å². The van der Waals surface area contributed by atoms with Gasteiger partial charge in [0.2, 0.25) is 0 Å². The Morgan fingerprint density at radius 1 is 0.852 bits per heavy atom. The maximum atomic E-state index is 12.1. The van der Waals surface area contributed by atoms with Crippen molar-refractivity contribution in [1.29, 1.82) is 5.26 Å². The van der Waals surface area contributed by atoms with Crippen molar-refractivity contribution in [2.45, 2.75) is 39.0 Å². The van der Waals surface area contributed by atoms with Crippen LogP contribution in [0.1, 0.15) is 65.3 Å². The summed E-state index contributed by atoms with van der Waals surface area (Å²) in [5, 5.41) is 8.77. The molecule has 0 spiro atoms. The standard InChI is InChI=1S/C22H23NO4/c1-2-3-4-5-6-15-26-21(24)18-9-11-19(12-10-18)22(25)27-20-13-7-17(16-23)8-14-20/h7-14H,2-6,15H2,1H3. The van der Waals surface area contributed by atoms with E-state index in [1.165, 1.54) is 25.0 Å². The van der Waals surface area contributed by atoms with Crippen LogP contribution in [-0.2, 0) is 4.74 Å². The summed E-state index contributed by atoms with van der Waals surface area (Å²) in [5.74, 6) is -0.571. The molecule has 0 aliphatic heterocycles. The topological polar surface area (TPSA) is 76.4 Å². The monoisotopic (exact) mass is 365 g/mol. The number of hydrogen-bond donors (Lipinski definition) is 0. The molecule has 140 valence electrons. The fourth-order valence-corrected chi connectivity index (χ4v) is 2.46. The minimum atomic E-state index is -0.532. The van der Waals surface area contributed by atoms with Gasteiger partial charge < -0.3 is 9.47 Å². The van der Waals surface area contributed by atoms with Crippen molar-refractivity contribution in [3.8, 4) is 11.8 Å². The van der Waals surface area contributed by atoms with Crippen molar-refractivity contribution in [3.05, 3.63) is 65.2 Å². The Morgan fingerprint density at radius 2 is 1.44 bits per heavy atom. The summed E-state index contributed by atoms with van der Waals surface area (Å²) in [6.07, 6.45) is 5.46. The highest BCUT2D eigenvalue weighted by atomic mass is 16.5. The molecule has 0 atom stereocenters. The second kappa shape index (κ2) is 10.8. The Morgan fingerprint density at radius 3 is 2.04 bits per heavy atom. The van der Waals surface area contributed by atoms with Crippen LogP contribution in [-0.4, -0.2) is 18.5 Å². The lowest BCUT2D eigenvalue weighted by Gasteiger charge is -2.07. The SMILES string of the molecule is CCCCCCCOC(=O)c1ccc(C(=O)Oc2ccc(C#N)cc2)cc1. The quantitative estimate of drug-likeness (QED) is 0.359. The molecule has 5 heteroatoms. The van der Waals surface area contributed by atoms with Crippen molar-refractivity contribution in [1.82, 2.24) is 0 Å². The Bertz CT molecular complexity index is 789.